The Morgan fingerprint density at radius 1 is 1.54 bits per heavy atom. The smallest absolute Gasteiger partial charge is 0.122 e. The van der Waals surface area contributed by atoms with Crippen molar-refractivity contribution in [2.24, 2.45) is 5.73 Å². The molecule has 2 rings (SSSR count). The molecule has 1 aromatic rings. The molecule has 1 fully saturated rings. The molecule has 1 aliphatic rings. The zero-order valence-electron chi connectivity index (χ0n) is 7.65. The summed E-state index contributed by atoms with van der Waals surface area (Å²) >= 11 is 0. The van der Waals surface area contributed by atoms with Gasteiger partial charge in [-0.25, -0.2) is 4.98 Å². The standard InChI is InChI=1S/C9H15N3O/c10-7-9-11-3-4-12(9)8-1-5-13-6-2-8/h3-4,8H,1-2,5-7,10H2. The Kier molecular flexibility index (Phi) is 2.61. The van der Waals surface area contributed by atoms with Crippen LogP contribution in [0.3, 0.4) is 0 Å². The van der Waals surface area contributed by atoms with E-state index in [-0.39, 0.29) is 0 Å². The lowest BCUT2D eigenvalue weighted by molar-refractivity contribution is 0.0688. The predicted molar refractivity (Wildman–Crippen MR) is 49.2 cm³/mol. The van der Waals surface area contributed by atoms with E-state index in [0.717, 1.165) is 31.9 Å². The average molecular weight is 181 g/mol. The lowest BCUT2D eigenvalue weighted by atomic mass is 10.1. The molecule has 0 spiro atoms. The van der Waals surface area contributed by atoms with Crippen molar-refractivity contribution in [1.82, 2.24) is 9.55 Å². The van der Waals surface area contributed by atoms with Crippen LogP contribution in [-0.2, 0) is 11.3 Å². The minimum atomic E-state index is 0.518. The first-order chi connectivity index (χ1) is 6.42. The molecule has 0 unspecified atom stereocenters. The van der Waals surface area contributed by atoms with Crippen LogP contribution in [-0.4, -0.2) is 22.8 Å². The summed E-state index contributed by atoms with van der Waals surface area (Å²) in [5.41, 5.74) is 5.59. The third kappa shape index (κ3) is 1.73. The van der Waals surface area contributed by atoms with Crippen LogP contribution in [0.15, 0.2) is 12.4 Å². The van der Waals surface area contributed by atoms with E-state index in [0.29, 0.717) is 12.6 Å². The summed E-state index contributed by atoms with van der Waals surface area (Å²) in [5.74, 6) is 0.979. The van der Waals surface area contributed by atoms with Crippen molar-refractivity contribution >= 4 is 0 Å². The van der Waals surface area contributed by atoms with Crippen LogP contribution in [0.5, 0.6) is 0 Å². The average Bonchev–Trinajstić information content (AvgIpc) is 2.67. The van der Waals surface area contributed by atoms with Crippen LogP contribution in [0, 0.1) is 0 Å². The fourth-order valence-electron chi connectivity index (χ4n) is 1.80. The number of rotatable bonds is 2. The molecular formula is C9H15N3O. The van der Waals surface area contributed by atoms with Gasteiger partial charge in [-0.1, -0.05) is 0 Å². The lowest BCUT2D eigenvalue weighted by Gasteiger charge is -2.24. The number of aromatic nitrogens is 2. The van der Waals surface area contributed by atoms with Crippen LogP contribution < -0.4 is 5.73 Å². The van der Waals surface area contributed by atoms with Gasteiger partial charge >= 0.3 is 0 Å². The van der Waals surface area contributed by atoms with Gasteiger partial charge < -0.3 is 15.0 Å². The Morgan fingerprint density at radius 3 is 3.00 bits per heavy atom. The van der Waals surface area contributed by atoms with Crippen molar-refractivity contribution in [1.29, 1.82) is 0 Å². The number of hydrogen-bond acceptors (Lipinski definition) is 3. The zero-order valence-corrected chi connectivity index (χ0v) is 7.65. The molecular weight excluding hydrogens is 166 g/mol. The molecule has 0 atom stereocenters. The van der Waals surface area contributed by atoms with Gasteiger partial charge in [0.05, 0.1) is 6.54 Å². The van der Waals surface area contributed by atoms with Gasteiger partial charge in [-0.3, -0.25) is 0 Å². The van der Waals surface area contributed by atoms with Gasteiger partial charge in [0.15, 0.2) is 0 Å². The first-order valence-corrected chi connectivity index (χ1v) is 4.71. The molecule has 0 bridgehead atoms. The highest BCUT2D eigenvalue weighted by Gasteiger charge is 2.17. The van der Waals surface area contributed by atoms with Crippen LogP contribution in [0.25, 0.3) is 0 Å². The van der Waals surface area contributed by atoms with E-state index in [2.05, 4.69) is 9.55 Å². The molecule has 4 heteroatoms. The Balaban J connectivity index is 2.13. The molecule has 4 nitrogen and oxygen atoms in total. The second-order valence-corrected chi connectivity index (χ2v) is 3.30. The maximum absolute atomic E-state index is 5.59. The van der Waals surface area contributed by atoms with Gasteiger partial charge in [0, 0.05) is 31.6 Å². The molecule has 72 valence electrons. The SMILES string of the molecule is NCc1nccn1C1CCOCC1. The van der Waals surface area contributed by atoms with Gasteiger partial charge in [0.2, 0.25) is 0 Å². The zero-order chi connectivity index (χ0) is 9.10. The Morgan fingerprint density at radius 2 is 2.31 bits per heavy atom. The maximum atomic E-state index is 5.59. The van der Waals surface area contributed by atoms with Gasteiger partial charge in [0.25, 0.3) is 0 Å². The lowest BCUT2D eigenvalue weighted by Crippen LogP contribution is -2.21. The topological polar surface area (TPSA) is 53.1 Å². The van der Waals surface area contributed by atoms with E-state index < -0.39 is 0 Å². The molecule has 2 N–H and O–H groups in total. The van der Waals surface area contributed by atoms with E-state index in [9.17, 15) is 0 Å². The van der Waals surface area contributed by atoms with E-state index >= 15 is 0 Å². The van der Waals surface area contributed by atoms with Crippen molar-refractivity contribution in [3.8, 4) is 0 Å². The minimum absolute atomic E-state index is 0.518. The van der Waals surface area contributed by atoms with Crippen molar-refractivity contribution in [2.45, 2.75) is 25.4 Å². The van der Waals surface area contributed by atoms with Crippen molar-refractivity contribution in [2.75, 3.05) is 13.2 Å². The monoisotopic (exact) mass is 181 g/mol. The number of nitrogens with zero attached hydrogens (tertiary/aromatic N) is 2. The fourth-order valence-corrected chi connectivity index (χ4v) is 1.80. The molecule has 2 heterocycles. The fraction of sp³-hybridized carbons (Fsp3) is 0.667. The van der Waals surface area contributed by atoms with Gasteiger partial charge in [-0.05, 0) is 12.8 Å². The molecule has 0 amide bonds. The number of hydrogen-bond donors (Lipinski definition) is 1. The van der Waals surface area contributed by atoms with E-state index in [1.54, 1.807) is 0 Å². The van der Waals surface area contributed by atoms with Crippen molar-refractivity contribution < 1.29 is 4.74 Å². The number of nitrogens with two attached hydrogens (primary N) is 1. The second kappa shape index (κ2) is 3.89. The van der Waals surface area contributed by atoms with Gasteiger partial charge in [-0.2, -0.15) is 0 Å². The number of imidazole rings is 1. The maximum Gasteiger partial charge on any atom is 0.122 e. The molecule has 0 aliphatic carbocycles. The van der Waals surface area contributed by atoms with E-state index in [1.807, 2.05) is 12.4 Å². The first kappa shape index (κ1) is 8.72. The largest absolute Gasteiger partial charge is 0.381 e. The van der Waals surface area contributed by atoms with E-state index in [4.69, 9.17) is 10.5 Å². The van der Waals surface area contributed by atoms with Crippen LogP contribution >= 0.6 is 0 Å². The Hall–Kier alpha value is -0.870. The summed E-state index contributed by atoms with van der Waals surface area (Å²) in [6.45, 7) is 2.23. The van der Waals surface area contributed by atoms with Gasteiger partial charge in [0.1, 0.15) is 5.82 Å². The molecule has 0 saturated carbocycles. The summed E-state index contributed by atoms with van der Waals surface area (Å²) in [4.78, 5) is 4.21. The third-order valence-electron chi connectivity index (χ3n) is 2.52. The highest BCUT2D eigenvalue weighted by molar-refractivity contribution is 4.95. The molecule has 0 radical (unpaired) electrons. The van der Waals surface area contributed by atoms with Gasteiger partial charge in [-0.15, -0.1) is 0 Å². The summed E-state index contributed by atoms with van der Waals surface area (Å²) in [6, 6.07) is 0.537. The summed E-state index contributed by atoms with van der Waals surface area (Å²) in [5, 5.41) is 0. The Bertz CT molecular complexity index is 266. The predicted octanol–water partition coefficient (Wildman–Crippen LogP) is 0.693. The molecule has 1 aliphatic heterocycles. The molecule has 1 saturated heterocycles. The normalized spacial score (nSPS) is 19.2. The number of ether oxygens (including phenoxy) is 1. The quantitative estimate of drug-likeness (QED) is 0.730. The van der Waals surface area contributed by atoms with Crippen molar-refractivity contribution in [3.05, 3.63) is 18.2 Å². The summed E-state index contributed by atoms with van der Waals surface area (Å²) in [6.07, 6.45) is 5.97. The summed E-state index contributed by atoms with van der Waals surface area (Å²) in [7, 11) is 0. The molecule has 0 aromatic carbocycles. The summed E-state index contributed by atoms with van der Waals surface area (Å²) < 4.78 is 7.49. The van der Waals surface area contributed by atoms with Crippen LogP contribution in [0.1, 0.15) is 24.7 Å². The highest BCUT2D eigenvalue weighted by Crippen LogP contribution is 2.21. The second-order valence-electron chi connectivity index (χ2n) is 3.30. The van der Waals surface area contributed by atoms with Crippen molar-refractivity contribution in [3.63, 3.8) is 0 Å². The molecule has 1 aromatic heterocycles. The Labute approximate surface area is 77.7 Å². The highest BCUT2D eigenvalue weighted by atomic mass is 16.5. The molecule has 13 heavy (non-hydrogen) atoms. The minimum Gasteiger partial charge on any atom is -0.381 e. The van der Waals surface area contributed by atoms with E-state index in [1.165, 1.54) is 0 Å². The first-order valence-electron chi connectivity index (χ1n) is 4.71. The third-order valence-corrected chi connectivity index (χ3v) is 2.52. The van der Waals surface area contributed by atoms with Crippen LogP contribution in [0.2, 0.25) is 0 Å². The van der Waals surface area contributed by atoms with Crippen LogP contribution in [0.4, 0.5) is 0 Å².